The standard InChI is InChI=1S/C22H14BrClO3/c23-17-12-9-15(10-13-17)20(25)14-11-16-5-1-4-8-21(16)27-22(26)18-6-2-3-7-19(18)24/h1-14H/b14-11+. The lowest BCUT2D eigenvalue weighted by atomic mass is 10.1. The van der Waals surface area contributed by atoms with Crippen molar-refractivity contribution in [3.05, 3.63) is 105 Å². The van der Waals surface area contributed by atoms with Crippen molar-refractivity contribution < 1.29 is 14.3 Å². The highest BCUT2D eigenvalue weighted by atomic mass is 79.9. The Morgan fingerprint density at radius 3 is 2.30 bits per heavy atom. The molecule has 5 heteroatoms. The second kappa shape index (κ2) is 8.80. The molecule has 0 amide bonds. The second-order valence-corrected chi connectivity index (χ2v) is 6.93. The Labute approximate surface area is 170 Å². The fourth-order valence-electron chi connectivity index (χ4n) is 2.37. The van der Waals surface area contributed by atoms with E-state index in [0.29, 0.717) is 21.9 Å². The van der Waals surface area contributed by atoms with Crippen LogP contribution in [0.2, 0.25) is 5.02 Å². The van der Waals surface area contributed by atoms with E-state index in [2.05, 4.69) is 15.9 Å². The van der Waals surface area contributed by atoms with Crippen LogP contribution in [0.25, 0.3) is 6.08 Å². The first kappa shape index (κ1) is 19.1. The van der Waals surface area contributed by atoms with E-state index in [0.717, 1.165) is 4.47 Å². The molecule has 0 aliphatic rings. The molecule has 0 saturated heterocycles. The van der Waals surface area contributed by atoms with E-state index in [1.165, 1.54) is 6.08 Å². The minimum atomic E-state index is -0.555. The number of allylic oxidation sites excluding steroid dienone is 1. The van der Waals surface area contributed by atoms with Gasteiger partial charge in [0.05, 0.1) is 10.6 Å². The highest BCUT2D eigenvalue weighted by Gasteiger charge is 2.13. The molecule has 0 saturated carbocycles. The molecular formula is C22H14BrClO3. The molecule has 0 fully saturated rings. The number of carbonyl (C=O) groups is 2. The van der Waals surface area contributed by atoms with Crippen LogP contribution < -0.4 is 4.74 Å². The van der Waals surface area contributed by atoms with Gasteiger partial charge in [0.1, 0.15) is 5.75 Å². The highest BCUT2D eigenvalue weighted by Crippen LogP contribution is 2.23. The van der Waals surface area contributed by atoms with Crippen LogP contribution in [0.15, 0.2) is 83.3 Å². The SMILES string of the molecule is O=C(/C=C/c1ccccc1OC(=O)c1ccccc1Cl)c1ccc(Br)cc1. The van der Waals surface area contributed by atoms with Gasteiger partial charge < -0.3 is 4.74 Å². The number of hydrogen-bond donors (Lipinski definition) is 0. The number of ether oxygens (including phenoxy) is 1. The van der Waals surface area contributed by atoms with Crippen molar-refractivity contribution in [2.45, 2.75) is 0 Å². The van der Waals surface area contributed by atoms with Gasteiger partial charge in [-0.2, -0.15) is 0 Å². The zero-order valence-corrected chi connectivity index (χ0v) is 16.4. The molecule has 0 aliphatic carbocycles. The van der Waals surface area contributed by atoms with Gasteiger partial charge in [0, 0.05) is 15.6 Å². The molecule has 27 heavy (non-hydrogen) atoms. The van der Waals surface area contributed by atoms with Crippen molar-refractivity contribution in [2.24, 2.45) is 0 Å². The average molecular weight is 442 g/mol. The minimum Gasteiger partial charge on any atom is -0.422 e. The average Bonchev–Trinajstić information content (AvgIpc) is 2.68. The van der Waals surface area contributed by atoms with Crippen LogP contribution in [-0.4, -0.2) is 11.8 Å². The first-order valence-electron chi connectivity index (χ1n) is 8.08. The molecule has 0 N–H and O–H groups in total. The largest absolute Gasteiger partial charge is 0.422 e. The molecule has 3 nitrogen and oxygen atoms in total. The van der Waals surface area contributed by atoms with Crippen LogP contribution in [0.5, 0.6) is 5.75 Å². The van der Waals surface area contributed by atoms with Crippen LogP contribution in [0.3, 0.4) is 0 Å². The van der Waals surface area contributed by atoms with Crippen molar-refractivity contribution in [1.29, 1.82) is 0 Å². The van der Waals surface area contributed by atoms with Gasteiger partial charge in [-0.3, -0.25) is 4.79 Å². The van der Waals surface area contributed by atoms with E-state index < -0.39 is 5.97 Å². The van der Waals surface area contributed by atoms with Crippen molar-refractivity contribution >= 4 is 45.4 Å². The third-order valence-electron chi connectivity index (χ3n) is 3.76. The Kier molecular flexibility index (Phi) is 6.22. The van der Waals surface area contributed by atoms with E-state index in [-0.39, 0.29) is 11.3 Å². The molecule has 3 aromatic carbocycles. The van der Waals surface area contributed by atoms with Gasteiger partial charge in [-0.15, -0.1) is 0 Å². The zero-order valence-electron chi connectivity index (χ0n) is 14.1. The third-order valence-corrected chi connectivity index (χ3v) is 4.62. The van der Waals surface area contributed by atoms with E-state index in [1.807, 2.05) is 0 Å². The van der Waals surface area contributed by atoms with Crippen LogP contribution in [0.4, 0.5) is 0 Å². The fraction of sp³-hybridized carbons (Fsp3) is 0. The summed E-state index contributed by atoms with van der Waals surface area (Å²) < 4.78 is 6.38. The van der Waals surface area contributed by atoms with Crippen molar-refractivity contribution in [3.63, 3.8) is 0 Å². The molecule has 0 aliphatic heterocycles. The minimum absolute atomic E-state index is 0.144. The zero-order chi connectivity index (χ0) is 19.2. The van der Waals surface area contributed by atoms with E-state index in [4.69, 9.17) is 16.3 Å². The van der Waals surface area contributed by atoms with Gasteiger partial charge in [-0.05, 0) is 54.6 Å². The number of carbonyl (C=O) groups excluding carboxylic acids is 2. The smallest absolute Gasteiger partial charge is 0.345 e. The second-order valence-electron chi connectivity index (χ2n) is 5.61. The van der Waals surface area contributed by atoms with E-state index in [9.17, 15) is 9.59 Å². The van der Waals surface area contributed by atoms with Crippen molar-refractivity contribution in [1.82, 2.24) is 0 Å². The molecule has 0 heterocycles. The number of hydrogen-bond acceptors (Lipinski definition) is 3. The normalized spacial score (nSPS) is 10.7. The maximum absolute atomic E-state index is 12.4. The third kappa shape index (κ3) is 4.94. The predicted molar refractivity (Wildman–Crippen MR) is 110 cm³/mol. The molecule has 0 spiro atoms. The Morgan fingerprint density at radius 2 is 1.56 bits per heavy atom. The lowest BCUT2D eigenvalue weighted by molar-refractivity contribution is 0.0734. The summed E-state index contributed by atoms with van der Waals surface area (Å²) in [5, 5.41) is 0.320. The molecule has 134 valence electrons. The van der Waals surface area contributed by atoms with Gasteiger partial charge in [0.2, 0.25) is 0 Å². The lowest BCUT2D eigenvalue weighted by Crippen LogP contribution is -2.09. The quantitative estimate of drug-likeness (QED) is 0.204. The van der Waals surface area contributed by atoms with Gasteiger partial charge in [-0.1, -0.05) is 57.9 Å². The Morgan fingerprint density at radius 1 is 0.889 bits per heavy atom. The topological polar surface area (TPSA) is 43.4 Å². The monoisotopic (exact) mass is 440 g/mol. The molecule has 0 aromatic heterocycles. The molecule has 0 bridgehead atoms. The molecule has 0 atom stereocenters. The number of benzene rings is 3. The lowest BCUT2D eigenvalue weighted by Gasteiger charge is -2.08. The maximum atomic E-state index is 12.4. The number of para-hydroxylation sites is 1. The number of ketones is 1. The summed E-state index contributed by atoms with van der Waals surface area (Å²) in [4.78, 5) is 24.7. The number of halogens is 2. The van der Waals surface area contributed by atoms with Crippen LogP contribution in [0, 0.1) is 0 Å². The molecule has 0 radical (unpaired) electrons. The summed E-state index contributed by atoms with van der Waals surface area (Å²) in [6.07, 6.45) is 3.07. The molecule has 3 rings (SSSR count). The molecule has 0 unspecified atom stereocenters. The summed E-state index contributed by atoms with van der Waals surface area (Å²) in [7, 11) is 0. The maximum Gasteiger partial charge on any atom is 0.345 e. The van der Waals surface area contributed by atoms with Crippen molar-refractivity contribution in [2.75, 3.05) is 0 Å². The summed E-state index contributed by atoms with van der Waals surface area (Å²) in [6.45, 7) is 0. The Hall–Kier alpha value is -2.69. The first-order valence-corrected chi connectivity index (χ1v) is 9.25. The van der Waals surface area contributed by atoms with Gasteiger partial charge >= 0.3 is 5.97 Å². The van der Waals surface area contributed by atoms with Gasteiger partial charge in [0.25, 0.3) is 0 Å². The van der Waals surface area contributed by atoms with Crippen molar-refractivity contribution in [3.8, 4) is 5.75 Å². The fourth-order valence-corrected chi connectivity index (χ4v) is 2.85. The van der Waals surface area contributed by atoms with Gasteiger partial charge in [-0.25, -0.2) is 4.79 Å². The summed E-state index contributed by atoms with van der Waals surface area (Å²) in [5.74, 6) is -0.349. The first-order chi connectivity index (χ1) is 13.0. The van der Waals surface area contributed by atoms with E-state index in [1.54, 1.807) is 78.9 Å². The highest BCUT2D eigenvalue weighted by molar-refractivity contribution is 9.10. The van der Waals surface area contributed by atoms with Crippen LogP contribution in [0.1, 0.15) is 26.3 Å². The Bertz CT molecular complexity index is 1010. The summed E-state index contributed by atoms with van der Waals surface area (Å²) in [6, 6.07) is 20.7. The van der Waals surface area contributed by atoms with Crippen LogP contribution >= 0.6 is 27.5 Å². The summed E-state index contributed by atoms with van der Waals surface area (Å²) in [5.41, 5.74) is 1.47. The van der Waals surface area contributed by atoms with Crippen LogP contribution in [-0.2, 0) is 0 Å². The Balaban J connectivity index is 1.80. The summed E-state index contributed by atoms with van der Waals surface area (Å²) >= 11 is 9.38. The van der Waals surface area contributed by atoms with E-state index >= 15 is 0 Å². The van der Waals surface area contributed by atoms with Gasteiger partial charge in [0.15, 0.2) is 5.78 Å². The predicted octanol–water partition coefficient (Wildman–Crippen LogP) is 6.22. The molecule has 3 aromatic rings. The number of esters is 1. The molecular weight excluding hydrogens is 428 g/mol. The number of rotatable bonds is 5.